The van der Waals surface area contributed by atoms with Gasteiger partial charge in [0.15, 0.2) is 5.82 Å². The van der Waals surface area contributed by atoms with Crippen molar-refractivity contribution in [1.29, 1.82) is 0 Å². The molecule has 0 spiro atoms. The Kier molecular flexibility index (Phi) is 8.36. The number of aromatic nitrogens is 2. The molecule has 184 valence electrons. The summed E-state index contributed by atoms with van der Waals surface area (Å²) in [6.07, 6.45) is 0.822. The average Bonchev–Trinajstić information content (AvgIpc) is 3.28. The van der Waals surface area contributed by atoms with Crippen molar-refractivity contribution in [1.82, 2.24) is 20.0 Å². The van der Waals surface area contributed by atoms with E-state index in [1.165, 1.54) is 11.3 Å². The molecule has 9 heteroatoms. The lowest BCUT2D eigenvalue weighted by molar-refractivity contribution is -0.131. The average molecular weight is 512 g/mol. The summed E-state index contributed by atoms with van der Waals surface area (Å²) in [6, 6.07) is 15.1. The molecule has 7 nitrogen and oxygen atoms in total. The van der Waals surface area contributed by atoms with Crippen molar-refractivity contribution >= 4 is 40.6 Å². The summed E-state index contributed by atoms with van der Waals surface area (Å²) in [5, 5.41) is 11.3. The molecule has 3 aromatic rings. The molecule has 1 aromatic carbocycles. The van der Waals surface area contributed by atoms with Crippen LogP contribution in [0.3, 0.4) is 0 Å². The third kappa shape index (κ3) is 6.38. The quantitative estimate of drug-likeness (QED) is 0.460. The molecule has 4 rings (SSSR count). The van der Waals surface area contributed by atoms with Crippen LogP contribution < -0.4 is 4.90 Å². The summed E-state index contributed by atoms with van der Waals surface area (Å²) in [4.78, 5) is 32.5. The highest BCUT2D eigenvalue weighted by Gasteiger charge is 2.25. The number of amides is 2. The molecule has 35 heavy (non-hydrogen) atoms. The molecule has 2 aromatic heterocycles. The molecule has 0 atom stereocenters. The number of hydrogen-bond donors (Lipinski definition) is 0. The summed E-state index contributed by atoms with van der Waals surface area (Å²) in [5.41, 5.74) is 1.58. The zero-order valence-corrected chi connectivity index (χ0v) is 21.6. The van der Waals surface area contributed by atoms with Gasteiger partial charge in [-0.2, -0.15) is 0 Å². The molecule has 1 aliphatic rings. The van der Waals surface area contributed by atoms with E-state index in [0.29, 0.717) is 36.1 Å². The minimum Gasteiger partial charge on any atom is -0.353 e. The third-order valence-corrected chi connectivity index (χ3v) is 7.09. The van der Waals surface area contributed by atoms with Crippen LogP contribution in [0.5, 0.6) is 0 Å². The van der Waals surface area contributed by atoms with Gasteiger partial charge in [-0.15, -0.1) is 21.5 Å². The second-order valence-electron chi connectivity index (χ2n) is 9.03. The maximum atomic E-state index is 13.2. The van der Waals surface area contributed by atoms with Gasteiger partial charge in [-0.05, 0) is 42.0 Å². The van der Waals surface area contributed by atoms with Crippen molar-refractivity contribution in [2.24, 2.45) is 5.92 Å². The van der Waals surface area contributed by atoms with Gasteiger partial charge >= 0.3 is 0 Å². The molecule has 0 aliphatic carbocycles. The van der Waals surface area contributed by atoms with Crippen LogP contribution in [0.25, 0.3) is 11.3 Å². The predicted octanol–water partition coefficient (Wildman–Crippen LogP) is 4.70. The predicted molar refractivity (Wildman–Crippen MR) is 141 cm³/mol. The number of hydrogen-bond acceptors (Lipinski definition) is 6. The van der Waals surface area contributed by atoms with Gasteiger partial charge in [0.2, 0.25) is 5.91 Å². The van der Waals surface area contributed by atoms with Crippen LogP contribution in [0.15, 0.2) is 53.9 Å². The zero-order chi connectivity index (χ0) is 24.8. The smallest absolute Gasteiger partial charge is 0.264 e. The lowest BCUT2D eigenvalue weighted by Gasteiger charge is -2.28. The number of anilines is 1. The molecule has 2 amide bonds. The monoisotopic (exact) mass is 511 g/mol. The number of thiophene rings is 1. The first-order valence-electron chi connectivity index (χ1n) is 11.9. The summed E-state index contributed by atoms with van der Waals surface area (Å²) in [5.74, 6) is 0.966. The number of halogens is 1. The van der Waals surface area contributed by atoms with E-state index >= 15 is 0 Å². The Hall–Kier alpha value is -2.97. The van der Waals surface area contributed by atoms with E-state index in [1.54, 1.807) is 4.90 Å². The highest BCUT2D eigenvalue weighted by atomic mass is 35.5. The van der Waals surface area contributed by atoms with E-state index in [2.05, 4.69) is 28.9 Å². The molecule has 0 unspecified atom stereocenters. The van der Waals surface area contributed by atoms with Crippen molar-refractivity contribution in [2.45, 2.75) is 20.3 Å². The van der Waals surface area contributed by atoms with Crippen LogP contribution in [0.1, 0.15) is 29.9 Å². The van der Waals surface area contributed by atoms with Crippen molar-refractivity contribution in [3.05, 3.63) is 63.8 Å². The first-order valence-corrected chi connectivity index (χ1v) is 13.1. The highest BCUT2D eigenvalue weighted by Crippen LogP contribution is 2.26. The number of benzene rings is 1. The summed E-state index contributed by atoms with van der Waals surface area (Å²) >= 11 is 7.69. The first kappa shape index (κ1) is 25.1. The SMILES string of the molecule is CC(C)CN(CC(=O)N1CCCN(c2ccc(-c3ccccc3Cl)nn2)CC1)C(=O)c1cccs1. The zero-order valence-electron chi connectivity index (χ0n) is 20.1. The lowest BCUT2D eigenvalue weighted by atomic mass is 10.1. The van der Waals surface area contributed by atoms with Crippen molar-refractivity contribution in [3.63, 3.8) is 0 Å². The van der Waals surface area contributed by atoms with E-state index in [-0.39, 0.29) is 24.3 Å². The third-order valence-electron chi connectivity index (χ3n) is 5.90. The van der Waals surface area contributed by atoms with Crippen LogP contribution in [-0.4, -0.2) is 71.1 Å². The molecular weight excluding hydrogens is 482 g/mol. The van der Waals surface area contributed by atoms with Gasteiger partial charge in [0.05, 0.1) is 15.6 Å². The van der Waals surface area contributed by atoms with Crippen molar-refractivity contribution < 1.29 is 9.59 Å². The number of carbonyl (C=O) groups is 2. The van der Waals surface area contributed by atoms with Crippen LogP contribution >= 0.6 is 22.9 Å². The number of rotatable bonds is 7. The Morgan fingerprint density at radius 1 is 1.03 bits per heavy atom. The standard InChI is InChI=1S/C26H30ClN5O2S/c1-19(2)17-32(26(34)23-9-5-16-35-23)18-25(33)31-13-6-12-30(14-15-31)24-11-10-22(28-29-24)20-7-3-4-8-21(20)27/h3-5,7-11,16,19H,6,12-15,17-18H2,1-2H3. The van der Waals surface area contributed by atoms with Gasteiger partial charge in [0.1, 0.15) is 6.54 Å². The minimum absolute atomic E-state index is 0.0162. The van der Waals surface area contributed by atoms with Gasteiger partial charge in [-0.25, -0.2) is 0 Å². The van der Waals surface area contributed by atoms with E-state index in [9.17, 15) is 9.59 Å². The minimum atomic E-state index is -0.0765. The fraction of sp³-hybridized carbons (Fsp3) is 0.385. The molecule has 1 fully saturated rings. The number of nitrogens with zero attached hydrogens (tertiary/aromatic N) is 5. The van der Waals surface area contributed by atoms with Gasteiger partial charge < -0.3 is 14.7 Å². The van der Waals surface area contributed by atoms with Crippen molar-refractivity contribution in [2.75, 3.05) is 44.2 Å². The van der Waals surface area contributed by atoms with Crippen molar-refractivity contribution in [3.8, 4) is 11.3 Å². The molecule has 3 heterocycles. The van der Waals surface area contributed by atoms with Gasteiger partial charge in [0, 0.05) is 38.3 Å². The second kappa shape index (κ2) is 11.6. The maximum absolute atomic E-state index is 13.2. The van der Waals surface area contributed by atoms with Gasteiger partial charge in [-0.3, -0.25) is 9.59 Å². The Labute approximate surface area is 215 Å². The molecular formula is C26H30ClN5O2S. The lowest BCUT2D eigenvalue weighted by Crippen LogP contribution is -2.45. The van der Waals surface area contributed by atoms with Gasteiger partial charge in [-0.1, -0.05) is 49.7 Å². The fourth-order valence-electron chi connectivity index (χ4n) is 4.18. The second-order valence-corrected chi connectivity index (χ2v) is 10.4. The molecule has 0 radical (unpaired) electrons. The van der Waals surface area contributed by atoms with E-state index in [4.69, 9.17) is 11.6 Å². The topological polar surface area (TPSA) is 69.6 Å². The Bertz CT molecular complexity index is 1140. The summed E-state index contributed by atoms with van der Waals surface area (Å²) in [7, 11) is 0. The number of carbonyl (C=O) groups excluding carboxylic acids is 2. The molecule has 1 aliphatic heterocycles. The normalized spacial score (nSPS) is 14.2. The largest absolute Gasteiger partial charge is 0.353 e. The van der Waals surface area contributed by atoms with Crippen LogP contribution in [0.4, 0.5) is 5.82 Å². The maximum Gasteiger partial charge on any atom is 0.264 e. The Morgan fingerprint density at radius 3 is 2.54 bits per heavy atom. The molecule has 0 N–H and O–H groups in total. The molecule has 1 saturated heterocycles. The van der Waals surface area contributed by atoms with E-state index < -0.39 is 0 Å². The van der Waals surface area contributed by atoms with E-state index in [1.807, 2.05) is 58.8 Å². The molecule has 0 bridgehead atoms. The summed E-state index contributed by atoms with van der Waals surface area (Å²) in [6.45, 7) is 7.44. The highest BCUT2D eigenvalue weighted by molar-refractivity contribution is 7.12. The van der Waals surface area contributed by atoms with Crippen LogP contribution in [-0.2, 0) is 4.79 Å². The summed E-state index contributed by atoms with van der Waals surface area (Å²) < 4.78 is 0. The van der Waals surface area contributed by atoms with Crippen LogP contribution in [0.2, 0.25) is 5.02 Å². The first-order chi connectivity index (χ1) is 16.9. The Balaban J connectivity index is 1.38. The molecule has 0 saturated carbocycles. The van der Waals surface area contributed by atoms with E-state index in [0.717, 1.165) is 30.0 Å². The Morgan fingerprint density at radius 2 is 1.86 bits per heavy atom. The van der Waals surface area contributed by atoms with Crippen LogP contribution in [0, 0.1) is 5.92 Å². The van der Waals surface area contributed by atoms with Gasteiger partial charge in [0.25, 0.3) is 5.91 Å². The fourth-order valence-corrected chi connectivity index (χ4v) is 5.11.